The van der Waals surface area contributed by atoms with Crippen molar-refractivity contribution in [2.24, 2.45) is 0 Å². The van der Waals surface area contributed by atoms with Gasteiger partial charge in [0.2, 0.25) is 0 Å². The molecule has 2 unspecified atom stereocenters. The van der Waals surface area contributed by atoms with Crippen LogP contribution in [0.3, 0.4) is 0 Å². The molecule has 4 rings (SSSR count). The van der Waals surface area contributed by atoms with Crippen LogP contribution in [-0.4, -0.2) is 61.6 Å². The van der Waals surface area contributed by atoms with Gasteiger partial charge in [0.15, 0.2) is 5.65 Å². The van der Waals surface area contributed by atoms with Gasteiger partial charge >= 0.3 is 6.09 Å². The third kappa shape index (κ3) is 3.19. The van der Waals surface area contributed by atoms with Gasteiger partial charge in [0.1, 0.15) is 17.2 Å². The van der Waals surface area contributed by atoms with Gasteiger partial charge in [0.05, 0.1) is 37.1 Å². The fraction of sp³-hybridized carbons (Fsp3) is 0.579. The van der Waals surface area contributed by atoms with Crippen LogP contribution in [0, 0.1) is 11.3 Å². The first kappa shape index (κ1) is 18.7. The summed E-state index contributed by atoms with van der Waals surface area (Å²) in [7, 11) is 0. The highest BCUT2D eigenvalue weighted by Gasteiger charge is 2.50. The van der Waals surface area contributed by atoms with Crippen LogP contribution in [0.15, 0.2) is 18.6 Å². The summed E-state index contributed by atoms with van der Waals surface area (Å²) in [5, 5.41) is 24.7. The Kier molecular flexibility index (Phi) is 4.28. The molecule has 2 aliphatic heterocycles. The molecule has 0 aliphatic carbocycles. The molecule has 4 heterocycles. The van der Waals surface area contributed by atoms with E-state index in [0.29, 0.717) is 42.8 Å². The molecule has 0 spiro atoms. The molecule has 2 saturated heterocycles. The van der Waals surface area contributed by atoms with Crippen LogP contribution in [0.4, 0.5) is 4.79 Å². The second-order valence-corrected chi connectivity index (χ2v) is 8.45. The van der Waals surface area contributed by atoms with Crippen LogP contribution in [0.2, 0.25) is 0 Å². The van der Waals surface area contributed by atoms with Gasteiger partial charge in [-0.3, -0.25) is 4.90 Å². The lowest BCUT2D eigenvalue weighted by Crippen LogP contribution is -2.63. The summed E-state index contributed by atoms with van der Waals surface area (Å²) in [5.74, 6) is 0. The van der Waals surface area contributed by atoms with E-state index in [2.05, 4.69) is 10.1 Å². The number of hydrogen-bond donors (Lipinski definition) is 1. The van der Waals surface area contributed by atoms with E-state index in [1.807, 2.05) is 26.8 Å². The summed E-state index contributed by atoms with van der Waals surface area (Å²) >= 11 is 0. The van der Waals surface area contributed by atoms with Crippen molar-refractivity contribution in [3.8, 4) is 6.07 Å². The van der Waals surface area contributed by atoms with Crippen molar-refractivity contribution in [2.75, 3.05) is 13.2 Å². The minimum Gasteiger partial charge on any atom is -0.444 e. The molecule has 2 aromatic heterocycles. The van der Waals surface area contributed by atoms with Gasteiger partial charge in [-0.2, -0.15) is 10.4 Å². The lowest BCUT2D eigenvalue weighted by Gasteiger charge is -2.51. The predicted octanol–water partition coefficient (Wildman–Crippen LogP) is 1.59. The molecule has 9 heteroatoms. The Hall–Kier alpha value is -2.70. The van der Waals surface area contributed by atoms with E-state index in [9.17, 15) is 9.90 Å². The molecule has 2 fully saturated rings. The Morgan fingerprint density at radius 1 is 1.36 bits per heavy atom. The molecular weight excluding hydrogens is 362 g/mol. The van der Waals surface area contributed by atoms with Crippen molar-refractivity contribution in [3.05, 3.63) is 29.7 Å². The summed E-state index contributed by atoms with van der Waals surface area (Å²) in [4.78, 5) is 18.7. The van der Waals surface area contributed by atoms with Crippen molar-refractivity contribution in [1.29, 1.82) is 5.26 Å². The maximum atomic E-state index is 12.7. The van der Waals surface area contributed by atoms with Crippen LogP contribution in [-0.2, 0) is 15.1 Å². The van der Waals surface area contributed by atoms with Crippen molar-refractivity contribution in [3.63, 3.8) is 0 Å². The number of nitrogens with zero attached hydrogens (tertiary/aromatic N) is 5. The highest BCUT2D eigenvalue weighted by atomic mass is 16.6. The van der Waals surface area contributed by atoms with Crippen LogP contribution < -0.4 is 0 Å². The fourth-order valence-electron chi connectivity index (χ4n) is 4.02. The predicted molar refractivity (Wildman–Crippen MR) is 97.3 cm³/mol. The standard InChI is InChI=1S/C19H23N5O4/c1-18(2,3)28-17(25)24-14-4-19(26,5-15(24)11-27-10-14)13-8-21-16-12(6-20)7-22-23(16)9-13/h7-9,14-15,26H,4-5,10-11H2,1-3H3. The third-order valence-electron chi connectivity index (χ3n) is 5.17. The number of carbonyl (C=O) groups is 1. The zero-order valence-corrected chi connectivity index (χ0v) is 16.1. The molecule has 148 valence electrons. The number of morpholine rings is 1. The largest absolute Gasteiger partial charge is 0.444 e. The van der Waals surface area contributed by atoms with Crippen LogP contribution in [0.5, 0.6) is 0 Å². The van der Waals surface area contributed by atoms with E-state index in [1.54, 1.807) is 17.3 Å². The van der Waals surface area contributed by atoms with E-state index in [4.69, 9.17) is 14.7 Å². The number of rotatable bonds is 1. The molecule has 2 aromatic rings. The number of ether oxygens (including phenoxy) is 2. The molecule has 2 bridgehead atoms. The van der Waals surface area contributed by atoms with Gasteiger partial charge in [-0.15, -0.1) is 0 Å². The molecule has 0 radical (unpaired) electrons. The highest BCUT2D eigenvalue weighted by molar-refractivity contribution is 5.69. The summed E-state index contributed by atoms with van der Waals surface area (Å²) in [6.07, 6.45) is 4.96. The topological polar surface area (TPSA) is 113 Å². The van der Waals surface area contributed by atoms with Crippen molar-refractivity contribution >= 4 is 11.7 Å². The Balaban J connectivity index is 1.62. The lowest BCUT2D eigenvalue weighted by molar-refractivity contribution is -0.141. The first-order valence-corrected chi connectivity index (χ1v) is 9.25. The lowest BCUT2D eigenvalue weighted by atomic mass is 9.78. The number of aliphatic hydroxyl groups is 1. The number of amides is 1. The number of nitriles is 1. The zero-order valence-electron chi connectivity index (χ0n) is 16.1. The maximum Gasteiger partial charge on any atom is 0.410 e. The highest BCUT2D eigenvalue weighted by Crippen LogP contribution is 2.41. The van der Waals surface area contributed by atoms with Gasteiger partial charge in [-0.1, -0.05) is 0 Å². The van der Waals surface area contributed by atoms with Crippen molar-refractivity contribution in [2.45, 2.75) is 56.9 Å². The molecule has 1 N–H and O–H groups in total. The molecular formula is C19H23N5O4. The Morgan fingerprint density at radius 3 is 2.64 bits per heavy atom. The molecule has 1 amide bonds. The molecule has 2 atom stereocenters. The van der Waals surface area contributed by atoms with Crippen molar-refractivity contribution in [1.82, 2.24) is 19.5 Å². The van der Waals surface area contributed by atoms with Gasteiger partial charge < -0.3 is 14.6 Å². The first-order valence-electron chi connectivity index (χ1n) is 9.25. The molecule has 9 nitrogen and oxygen atoms in total. The Bertz CT molecular complexity index is 943. The second-order valence-electron chi connectivity index (χ2n) is 8.45. The number of carbonyl (C=O) groups excluding carboxylic acids is 1. The van der Waals surface area contributed by atoms with E-state index in [1.165, 1.54) is 10.7 Å². The van der Waals surface area contributed by atoms with Crippen LogP contribution in [0.25, 0.3) is 5.65 Å². The van der Waals surface area contributed by atoms with E-state index in [0.717, 1.165) is 0 Å². The average molecular weight is 385 g/mol. The average Bonchev–Trinajstić information content (AvgIpc) is 3.01. The normalized spacial score (nSPS) is 27.5. The summed E-state index contributed by atoms with van der Waals surface area (Å²) in [5.41, 5.74) is -0.327. The quantitative estimate of drug-likeness (QED) is 0.793. The summed E-state index contributed by atoms with van der Waals surface area (Å²) in [6, 6.07) is 1.45. The number of piperidine rings is 1. The zero-order chi connectivity index (χ0) is 20.1. The summed E-state index contributed by atoms with van der Waals surface area (Å²) in [6.45, 7) is 6.18. The molecule has 0 aromatic carbocycles. The maximum absolute atomic E-state index is 12.7. The van der Waals surface area contributed by atoms with Crippen LogP contribution >= 0.6 is 0 Å². The van der Waals surface area contributed by atoms with Gasteiger partial charge in [0, 0.05) is 30.8 Å². The second kappa shape index (κ2) is 6.43. The van der Waals surface area contributed by atoms with Crippen molar-refractivity contribution < 1.29 is 19.4 Å². The van der Waals surface area contributed by atoms with Crippen LogP contribution in [0.1, 0.15) is 44.7 Å². The molecule has 28 heavy (non-hydrogen) atoms. The number of hydrogen-bond acceptors (Lipinski definition) is 7. The Labute approximate surface area is 162 Å². The minimum absolute atomic E-state index is 0.296. The molecule has 2 aliphatic rings. The fourth-order valence-corrected chi connectivity index (χ4v) is 4.02. The third-order valence-corrected chi connectivity index (χ3v) is 5.17. The Morgan fingerprint density at radius 2 is 2.04 bits per heavy atom. The summed E-state index contributed by atoms with van der Waals surface area (Å²) < 4.78 is 12.7. The molecule has 0 saturated carbocycles. The van der Waals surface area contributed by atoms with Gasteiger partial charge in [-0.25, -0.2) is 14.3 Å². The van der Waals surface area contributed by atoms with Gasteiger partial charge in [-0.05, 0) is 20.8 Å². The van der Waals surface area contributed by atoms with Gasteiger partial charge in [0.25, 0.3) is 0 Å². The minimum atomic E-state index is -1.17. The van der Waals surface area contributed by atoms with E-state index < -0.39 is 11.2 Å². The SMILES string of the molecule is CC(C)(C)OC(=O)N1C2COCC1CC(O)(c1cnc3c(C#N)cnn3c1)C2. The monoisotopic (exact) mass is 385 g/mol. The van der Waals surface area contributed by atoms with E-state index in [-0.39, 0.29) is 18.2 Å². The number of aromatic nitrogens is 3. The number of fused-ring (bicyclic) bond motifs is 3. The van der Waals surface area contributed by atoms with E-state index >= 15 is 0 Å². The smallest absolute Gasteiger partial charge is 0.410 e. The first-order chi connectivity index (χ1) is 13.2.